The zero-order valence-electron chi connectivity index (χ0n) is 9.85. The topological polar surface area (TPSA) is 52.0 Å². The number of aryl methyl sites for hydroxylation is 1. The van der Waals surface area contributed by atoms with Crippen LogP contribution < -0.4 is 5.32 Å². The Balaban J connectivity index is 1.73. The summed E-state index contributed by atoms with van der Waals surface area (Å²) in [5.74, 6) is 0.930. The number of nitrogens with zero attached hydrogens (tertiary/aromatic N) is 3. The number of hydrogen-bond donors (Lipinski definition) is 1. The van der Waals surface area contributed by atoms with Crippen molar-refractivity contribution in [1.29, 1.82) is 0 Å². The van der Waals surface area contributed by atoms with Gasteiger partial charge in [0, 0.05) is 12.6 Å². The summed E-state index contributed by atoms with van der Waals surface area (Å²) >= 11 is 0. The highest BCUT2D eigenvalue weighted by Crippen LogP contribution is 2.06. The molecule has 0 aliphatic carbocycles. The SMILES string of the molecule is CCCn1ncnc1COCC1CCCN1. The smallest absolute Gasteiger partial charge is 0.152 e. The summed E-state index contributed by atoms with van der Waals surface area (Å²) in [6, 6.07) is 0.530. The predicted octanol–water partition coefficient (Wildman–Crippen LogP) is 0.957. The maximum atomic E-state index is 5.66. The maximum absolute atomic E-state index is 5.66. The van der Waals surface area contributed by atoms with Gasteiger partial charge < -0.3 is 10.1 Å². The fourth-order valence-electron chi connectivity index (χ4n) is 1.99. The molecule has 1 aliphatic rings. The molecule has 2 heterocycles. The molecule has 0 bridgehead atoms. The first-order valence-corrected chi connectivity index (χ1v) is 6.08. The van der Waals surface area contributed by atoms with Gasteiger partial charge in [0.15, 0.2) is 5.82 Å². The van der Waals surface area contributed by atoms with Gasteiger partial charge >= 0.3 is 0 Å². The van der Waals surface area contributed by atoms with Crippen molar-refractivity contribution in [2.45, 2.75) is 45.4 Å². The summed E-state index contributed by atoms with van der Waals surface area (Å²) in [7, 11) is 0. The largest absolute Gasteiger partial charge is 0.372 e. The van der Waals surface area contributed by atoms with Crippen molar-refractivity contribution >= 4 is 0 Å². The molecule has 1 aromatic heterocycles. The van der Waals surface area contributed by atoms with Gasteiger partial charge in [-0.15, -0.1) is 0 Å². The van der Waals surface area contributed by atoms with E-state index in [0.717, 1.165) is 31.9 Å². The number of nitrogens with one attached hydrogen (secondary N) is 1. The van der Waals surface area contributed by atoms with Crippen LogP contribution in [0.25, 0.3) is 0 Å². The lowest BCUT2D eigenvalue weighted by Crippen LogP contribution is -2.26. The van der Waals surface area contributed by atoms with Crippen molar-refractivity contribution in [2.75, 3.05) is 13.2 Å². The van der Waals surface area contributed by atoms with Crippen LogP contribution >= 0.6 is 0 Å². The minimum absolute atomic E-state index is 0.530. The lowest BCUT2D eigenvalue weighted by molar-refractivity contribution is 0.0955. The van der Waals surface area contributed by atoms with E-state index in [1.165, 1.54) is 12.8 Å². The van der Waals surface area contributed by atoms with E-state index in [1.54, 1.807) is 6.33 Å². The molecule has 1 unspecified atom stereocenters. The molecule has 0 spiro atoms. The van der Waals surface area contributed by atoms with Gasteiger partial charge in [-0.25, -0.2) is 9.67 Å². The van der Waals surface area contributed by atoms with Crippen LogP contribution in [-0.4, -0.2) is 34.0 Å². The summed E-state index contributed by atoms with van der Waals surface area (Å²) in [6.45, 7) is 5.52. The quantitative estimate of drug-likeness (QED) is 0.782. The van der Waals surface area contributed by atoms with Gasteiger partial charge in [0.25, 0.3) is 0 Å². The van der Waals surface area contributed by atoms with Crippen molar-refractivity contribution in [1.82, 2.24) is 20.1 Å². The Bertz CT molecular complexity index is 307. The minimum Gasteiger partial charge on any atom is -0.372 e. The first kappa shape index (κ1) is 11.5. The molecule has 1 saturated heterocycles. The van der Waals surface area contributed by atoms with E-state index in [0.29, 0.717) is 12.6 Å². The van der Waals surface area contributed by atoms with E-state index in [4.69, 9.17) is 4.74 Å². The van der Waals surface area contributed by atoms with Crippen LogP contribution in [0.1, 0.15) is 32.0 Å². The normalized spacial score (nSPS) is 20.4. The Kier molecular flexibility index (Phi) is 4.30. The van der Waals surface area contributed by atoms with Gasteiger partial charge in [-0.05, 0) is 25.8 Å². The highest BCUT2D eigenvalue weighted by molar-refractivity contribution is 4.82. The molecule has 0 saturated carbocycles. The highest BCUT2D eigenvalue weighted by Gasteiger charge is 2.14. The molecule has 5 nitrogen and oxygen atoms in total. The molecular weight excluding hydrogens is 204 g/mol. The van der Waals surface area contributed by atoms with Crippen molar-refractivity contribution in [3.63, 3.8) is 0 Å². The Morgan fingerprint density at radius 3 is 3.31 bits per heavy atom. The van der Waals surface area contributed by atoms with E-state index < -0.39 is 0 Å². The van der Waals surface area contributed by atoms with E-state index in [2.05, 4.69) is 22.3 Å². The third kappa shape index (κ3) is 3.02. The van der Waals surface area contributed by atoms with Crippen LogP contribution in [-0.2, 0) is 17.9 Å². The minimum atomic E-state index is 0.530. The second-order valence-electron chi connectivity index (χ2n) is 4.21. The Morgan fingerprint density at radius 1 is 1.62 bits per heavy atom. The summed E-state index contributed by atoms with van der Waals surface area (Å²) in [5, 5.41) is 7.57. The molecule has 0 amide bonds. The van der Waals surface area contributed by atoms with E-state index in [-0.39, 0.29) is 0 Å². The first-order chi connectivity index (χ1) is 7.90. The van der Waals surface area contributed by atoms with Crippen LogP contribution in [0.2, 0.25) is 0 Å². The van der Waals surface area contributed by atoms with Crippen molar-refractivity contribution in [3.8, 4) is 0 Å². The van der Waals surface area contributed by atoms with Gasteiger partial charge in [-0.3, -0.25) is 0 Å². The van der Waals surface area contributed by atoms with Crippen LogP contribution in [0.5, 0.6) is 0 Å². The molecular formula is C11H20N4O. The van der Waals surface area contributed by atoms with Crippen molar-refractivity contribution in [2.24, 2.45) is 0 Å². The lowest BCUT2D eigenvalue weighted by atomic mass is 10.2. The van der Waals surface area contributed by atoms with Crippen LogP contribution in [0.4, 0.5) is 0 Å². The van der Waals surface area contributed by atoms with E-state index in [9.17, 15) is 0 Å². The van der Waals surface area contributed by atoms with Gasteiger partial charge in [0.2, 0.25) is 0 Å². The van der Waals surface area contributed by atoms with Crippen LogP contribution in [0.15, 0.2) is 6.33 Å². The fraction of sp³-hybridized carbons (Fsp3) is 0.818. The van der Waals surface area contributed by atoms with Gasteiger partial charge in [-0.2, -0.15) is 5.10 Å². The molecule has 1 N–H and O–H groups in total. The monoisotopic (exact) mass is 224 g/mol. The third-order valence-electron chi connectivity index (χ3n) is 2.84. The standard InChI is InChI=1S/C11H20N4O/c1-2-6-15-11(13-9-14-15)8-16-7-10-4-3-5-12-10/h9-10,12H,2-8H2,1H3. The van der Waals surface area contributed by atoms with Crippen LogP contribution in [0.3, 0.4) is 0 Å². The fourth-order valence-corrected chi connectivity index (χ4v) is 1.99. The number of ether oxygens (including phenoxy) is 1. The molecule has 16 heavy (non-hydrogen) atoms. The number of aromatic nitrogens is 3. The average molecular weight is 224 g/mol. The molecule has 1 atom stereocenters. The zero-order valence-corrected chi connectivity index (χ0v) is 9.85. The number of hydrogen-bond acceptors (Lipinski definition) is 4. The summed E-state index contributed by atoms with van der Waals surface area (Å²) < 4.78 is 7.58. The molecule has 1 fully saturated rings. The third-order valence-corrected chi connectivity index (χ3v) is 2.84. The average Bonchev–Trinajstić information content (AvgIpc) is 2.91. The summed E-state index contributed by atoms with van der Waals surface area (Å²) in [6.07, 6.45) is 5.16. The zero-order chi connectivity index (χ0) is 11.2. The molecule has 5 heteroatoms. The summed E-state index contributed by atoms with van der Waals surface area (Å²) in [4.78, 5) is 4.21. The van der Waals surface area contributed by atoms with Gasteiger partial charge in [0.1, 0.15) is 12.9 Å². The second-order valence-corrected chi connectivity index (χ2v) is 4.21. The Labute approximate surface area is 96.2 Å². The molecule has 90 valence electrons. The molecule has 1 aromatic rings. The van der Waals surface area contributed by atoms with E-state index >= 15 is 0 Å². The van der Waals surface area contributed by atoms with Gasteiger partial charge in [0.05, 0.1) is 6.61 Å². The second kappa shape index (κ2) is 5.96. The predicted molar refractivity (Wildman–Crippen MR) is 61.0 cm³/mol. The van der Waals surface area contributed by atoms with Crippen molar-refractivity contribution < 1.29 is 4.74 Å². The number of rotatable bonds is 6. The maximum Gasteiger partial charge on any atom is 0.152 e. The van der Waals surface area contributed by atoms with E-state index in [1.807, 2.05) is 4.68 Å². The first-order valence-electron chi connectivity index (χ1n) is 6.08. The summed E-state index contributed by atoms with van der Waals surface area (Å²) in [5.41, 5.74) is 0. The van der Waals surface area contributed by atoms with Crippen molar-refractivity contribution in [3.05, 3.63) is 12.2 Å². The van der Waals surface area contributed by atoms with Gasteiger partial charge in [-0.1, -0.05) is 6.92 Å². The Hall–Kier alpha value is -0.940. The Morgan fingerprint density at radius 2 is 2.56 bits per heavy atom. The highest BCUT2D eigenvalue weighted by atomic mass is 16.5. The van der Waals surface area contributed by atoms with Crippen LogP contribution in [0, 0.1) is 0 Å². The molecule has 0 aromatic carbocycles. The molecule has 1 aliphatic heterocycles. The molecule has 2 rings (SSSR count). The molecule has 0 radical (unpaired) electrons. The lowest BCUT2D eigenvalue weighted by Gasteiger charge is -2.10.